The fourth-order valence-corrected chi connectivity index (χ4v) is 3.40. The Bertz CT molecular complexity index is 424. The first-order valence-corrected chi connectivity index (χ1v) is 9.09. The fourth-order valence-electron chi connectivity index (χ4n) is 2.78. The van der Waals surface area contributed by atoms with E-state index < -0.39 is 11.6 Å². The summed E-state index contributed by atoms with van der Waals surface area (Å²) in [7, 11) is 0. The number of amides is 3. The number of nitrogens with zero attached hydrogens (tertiary/aromatic N) is 1. The third-order valence-electron chi connectivity index (χ3n) is 3.89. The van der Waals surface area contributed by atoms with Gasteiger partial charge in [-0.15, -0.1) is 0 Å². The summed E-state index contributed by atoms with van der Waals surface area (Å²) in [6, 6.07) is -0.407. The van der Waals surface area contributed by atoms with E-state index in [2.05, 4.69) is 16.1 Å². The van der Waals surface area contributed by atoms with Gasteiger partial charge in [-0.1, -0.05) is 19.3 Å². The van der Waals surface area contributed by atoms with Crippen LogP contribution in [-0.2, 0) is 4.79 Å². The molecule has 0 aromatic carbocycles. The van der Waals surface area contributed by atoms with Crippen LogP contribution in [0.2, 0.25) is 0 Å². The average Bonchev–Trinajstić information content (AvgIpc) is 2.69. The maximum Gasteiger partial charge on any atom is 0.344 e. The molecule has 1 heterocycles. The van der Waals surface area contributed by atoms with Crippen LogP contribution in [0.1, 0.15) is 38.5 Å². The van der Waals surface area contributed by atoms with Crippen LogP contribution in [0.5, 0.6) is 0 Å². The quantitative estimate of drug-likeness (QED) is 0.402. The SMILES string of the molecule is CSCCCNC(=S)NN1C(=O)NC2(CCCCC2)C1=O. The fraction of sp³-hybridized carbons (Fsp3) is 0.769. The average molecular weight is 330 g/mol. The number of thiocarbonyl (C=S) groups is 1. The van der Waals surface area contributed by atoms with Crippen molar-refractivity contribution in [2.75, 3.05) is 18.6 Å². The van der Waals surface area contributed by atoms with Crippen molar-refractivity contribution in [2.24, 2.45) is 0 Å². The molecule has 3 N–H and O–H groups in total. The lowest BCUT2D eigenvalue weighted by Gasteiger charge is -2.30. The molecule has 21 heavy (non-hydrogen) atoms. The number of hydrazine groups is 1. The second kappa shape index (κ2) is 7.31. The molecular weight excluding hydrogens is 308 g/mol. The molecule has 3 amide bonds. The molecule has 2 fully saturated rings. The van der Waals surface area contributed by atoms with Crippen LogP contribution in [-0.4, -0.2) is 46.2 Å². The van der Waals surface area contributed by atoms with E-state index in [-0.39, 0.29) is 5.91 Å². The van der Waals surface area contributed by atoms with Gasteiger partial charge in [0.1, 0.15) is 5.54 Å². The second-order valence-electron chi connectivity index (χ2n) is 5.43. The zero-order valence-corrected chi connectivity index (χ0v) is 13.9. The van der Waals surface area contributed by atoms with Crippen molar-refractivity contribution in [2.45, 2.75) is 44.1 Å². The lowest BCUT2D eigenvalue weighted by atomic mass is 9.82. The Morgan fingerprint density at radius 3 is 2.76 bits per heavy atom. The molecular formula is C13H22N4O2S2. The smallest absolute Gasteiger partial charge is 0.344 e. The molecule has 0 atom stereocenters. The van der Waals surface area contributed by atoms with E-state index in [0.717, 1.165) is 43.0 Å². The molecule has 0 bridgehead atoms. The van der Waals surface area contributed by atoms with Crippen molar-refractivity contribution in [1.82, 2.24) is 21.1 Å². The van der Waals surface area contributed by atoms with Crippen molar-refractivity contribution in [3.8, 4) is 0 Å². The van der Waals surface area contributed by atoms with Crippen LogP contribution in [0.3, 0.4) is 0 Å². The van der Waals surface area contributed by atoms with E-state index in [1.807, 2.05) is 6.26 Å². The number of carbonyl (C=O) groups is 2. The maximum atomic E-state index is 12.5. The number of hydrogen-bond donors (Lipinski definition) is 3. The van der Waals surface area contributed by atoms with Crippen molar-refractivity contribution >= 4 is 41.0 Å². The highest BCUT2D eigenvalue weighted by molar-refractivity contribution is 7.98. The van der Waals surface area contributed by atoms with Gasteiger partial charge in [0.05, 0.1) is 0 Å². The lowest BCUT2D eigenvalue weighted by Crippen LogP contribution is -2.53. The number of rotatable bonds is 5. The molecule has 2 rings (SSSR count). The third-order valence-corrected chi connectivity index (χ3v) is 4.83. The summed E-state index contributed by atoms with van der Waals surface area (Å²) in [6.07, 6.45) is 7.51. The summed E-state index contributed by atoms with van der Waals surface area (Å²) < 4.78 is 0. The number of thioether (sulfide) groups is 1. The van der Waals surface area contributed by atoms with Crippen molar-refractivity contribution in [3.05, 3.63) is 0 Å². The molecule has 1 spiro atoms. The molecule has 2 aliphatic rings. The van der Waals surface area contributed by atoms with Crippen LogP contribution in [0.4, 0.5) is 4.79 Å². The summed E-state index contributed by atoms with van der Waals surface area (Å²) >= 11 is 6.90. The molecule has 0 unspecified atom stereocenters. The molecule has 1 aliphatic carbocycles. The Balaban J connectivity index is 1.87. The normalized spacial score (nSPS) is 20.5. The van der Waals surface area contributed by atoms with Crippen LogP contribution < -0.4 is 16.1 Å². The largest absolute Gasteiger partial charge is 0.361 e. The molecule has 1 saturated heterocycles. The van der Waals surface area contributed by atoms with Gasteiger partial charge in [0.2, 0.25) is 0 Å². The maximum absolute atomic E-state index is 12.5. The Labute approximate surface area is 134 Å². The number of imide groups is 1. The van der Waals surface area contributed by atoms with Crippen molar-refractivity contribution < 1.29 is 9.59 Å². The van der Waals surface area contributed by atoms with E-state index in [9.17, 15) is 9.59 Å². The summed E-state index contributed by atoms with van der Waals surface area (Å²) in [5.41, 5.74) is 2.00. The number of urea groups is 1. The predicted molar refractivity (Wildman–Crippen MR) is 87.9 cm³/mol. The minimum absolute atomic E-state index is 0.208. The Hall–Kier alpha value is -1.02. The number of hydrogen-bond acceptors (Lipinski definition) is 4. The Morgan fingerprint density at radius 2 is 2.10 bits per heavy atom. The van der Waals surface area contributed by atoms with Gasteiger partial charge in [-0.3, -0.25) is 10.2 Å². The van der Waals surface area contributed by atoms with Crippen LogP contribution >= 0.6 is 24.0 Å². The monoisotopic (exact) mass is 330 g/mol. The first-order valence-electron chi connectivity index (χ1n) is 7.29. The van der Waals surface area contributed by atoms with Gasteiger partial charge in [-0.2, -0.15) is 16.8 Å². The molecule has 0 radical (unpaired) electrons. The van der Waals surface area contributed by atoms with E-state index in [0.29, 0.717) is 18.0 Å². The Morgan fingerprint density at radius 1 is 1.38 bits per heavy atom. The van der Waals surface area contributed by atoms with E-state index >= 15 is 0 Å². The highest BCUT2D eigenvalue weighted by Gasteiger charge is 2.51. The number of nitrogens with one attached hydrogen (secondary N) is 3. The van der Waals surface area contributed by atoms with Crippen molar-refractivity contribution in [3.63, 3.8) is 0 Å². The first-order chi connectivity index (χ1) is 10.1. The molecule has 0 aromatic rings. The molecule has 118 valence electrons. The minimum Gasteiger partial charge on any atom is -0.361 e. The summed E-state index contributed by atoms with van der Waals surface area (Å²) in [5.74, 6) is 0.836. The lowest BCUT2D eigenvalue weighted by molar-refractivity contribution is -0.133. The standard InChI is InChI=1S/C13H22N4O2S2/c1-21-9-5-8-14-11(20)16-17-10(18)13(15-12(17)19)6-3-2-4-7-13/h2-9H2,1H3,(H,15,19)(H2,14,16,20). The van der Waals surface area contributed by atoms with Crippen LogP contribution in [0.25, 0.3) is 0 Å². The molecule has 1 aliphatic heterocycles. The topological polar surface area (TPSA) is 73.5 Å². The summed E-state index contributed by atoms with van der Waals surface area (Å²) in [4.78, 5) is 24.5. The van der Waals surface area contributed by atoms with E-state index in [1.165, 1.54) is 0 Å². The van der Waals surface area contributed by atoms with E-state index in [4.69, 9.17) is 12.2 Å². The zero-order valence-electron chi connectivity index (χ0n) is 12.2. The second-order valence-corrected chi connectivity index (χ2v) is 6.82. The molecule has 8 heteroatoms. The van der Waals surface area contributed by atoms with Gasteiger partial charge in [0.15, 0.2) is 5.11 Å². The van der Waals surface area contributed by atoms with Gasteiger partial charge in [0, 0.05) is 6.54 Å². The first kappa shape index (κ1) is 16.4. The van der Waals surface area contributed by atoms with Crippen molar-refractivity contribution in [1.29, 1.82) is 0 Å². The van der Waals surface area contributed by atoms with Gasteiger partial charge in [-0.25, -0.2) is 4.79 Å². The van der Waals surface area contributed by atoms with Gasteiger partial charge in [0.25, 0.3) is 5.91 Å². The Kier molecular flexibility index (Phi) is 5.69. The summed E-state index contributed by atoms with van der Waals surface area (Å²) in [6.45, 7) is 0.724. The highest BCUT2D eigenvalue weighted by atomic mass is 32.2. The predicted octanol–water partition coefficient (Wildman–Crippen LogP) is 1.37. The van der Waals surface area contributed by atoms with Gasteiger partial charge >= 0.3 is 6.03 Å². The zero-order chi connectivity index (χ0) is 15.3. The molecule has 1 saturated carbocycles. The molecule has 0 aromatic heterocycles. The van der Waals surface area contributed by atoms with E-state index in [1.54, 1.807) is 11.8 Å². The van der Waals surface area contributed by atoms with Crippen LogP contribution in [0.15, 0.2) is 0 Å². The summed E-state index contributed by atoms with van der Waals surface area (Å²) in [5, 5.41) is 7.18. The van der Waals surface area contributed by atoms with Gasteiger partial charge < -0.3 is 10.6 Å². The molecule has 6 nitrogen and oxygen atoms in total. The van der Waals surface area contributed by atoms with Crippen LogP contribution in [0, 0.1) is 0 Å². The minimum atomic E-state index is -0.712. The highest BCUT2D eigenvalue weighted by Crippen LogP contribution is 2.32. The third kappa shape index (κ3) is 3.79. The number of carbonyl (C=O) groups excluding carboxylic acids is 2. The van der Waals surface area contributed by atoms with Gasteiger partial charge in [-0.05, 0) is 43.5 Å².